The second-order valence-electron chi connectivity index (χ2n) is 8.88. The molecule has 0 aliphatic heterocycles. The largest absolute Gasteiger partial charge is 0.508 e. The molecule has 0 atom stereocenters. The maximum Gasteiger partial charge on any atom is 0.204 e. The summed E-state index contributed by atoms with van der Waals surface area (Å²) in [4.78, 5) is 16.7. The molecule has 5 N–H and O–H groups in total. The van der Waals surface area contributed by atoms with Crippen molar-refractivity contribution in [2.45, 2.75) is 19.3 Å². The lowest BCUT2D eigenvalue weighted by Crippen LogP contribution is -2.24. The van der Waals surface area contributed by atoms with Gasteiger partial charge in [0.25, 0.3) is 0 Å². The molecule has 4 rings (SSSR count). The molecule has 1 aromatic carbocycles. The van der Waals surface area contributed by atoms with Gasteiger partial charge in [-0.3, -0.25) is 0 Å². The quantitative estimate of drug-likeness (QED) is 0.227. The molecule has 11 heteroatoms. The van der Waals surface area contributed by atoms with Crippen molar-refractivity contribution in [3.05, 3.63) is 66.1 Å². The normalized spacial score (nSPS) is 11.1. The molecular weight excluding hydrogens is 468 g/mol. The lowest BCUT2D eigenvalue weighted by Gasteiger charge is -2.16. The molecule has 0 unspecified atom stereocenters. The number of nitrogens with two attached hydrogens (primary N) is 1. The van der Waals surface area contributed by atoms with Crippen LogP contribution in [0.4, 0.5) is 5.82 Å². The van der Waals surface area contributed by atoms with E-state index in [-0.39, 0.29) is 5.75 Å². The minimum absolute atomic E-state index is 0.220. The summed E-state index contributed by atoms with van der Waals surface area (Å²) in [6, 6.07) is 14.9. The van der Waals surface area contributed by atoms with Crippen LogP contribution < -0.4 is 11.1 Å². The van der Waals surface area contributed by atoms with Gasteiger partial charge in [-0.1, -0.05) is 24.3 Å². The zero-order valence-electron chi connectivity index (χ0n) is 21.3. The number of hydrogen-bond donors (Lipinski definition) is 4. The highest BCUT2D eigenvalue weighted by atomic mass is 16.3. The van der Waals surface area contributed by atoms with Crippen molar-refractivity contribution in [2.75, 3.05) is 38.5 Å². The van der Waals surface area contributed by atoms with Crippen molar-refractivity contribution >= 4 is 16.9 Å². The minimum Gasteiger partial charge on any atom is -0.508 e. The molecule has 0 bridgehead atoms. The Morgan fingerprint density at radius 1 is 1.08 bits per heavy atom. The average molecular weight is 503 g/mol. The Bertz CT molecular complexity index is 1360. The zero-order valence-corrected chi connectivity index (χ0v) is 21.3. The predicted octanol–water partition coefficient (Wildman–Crippen LogP) is 2.65. The SMILES string of the molecule is CN(CCCN)CCCNc1nc(Cc2cccc(O)c2)nc2[nH]ccc(-c3nnn(C)n3)cccc12. The number of aromatic amines is 1. The summed E-state index contributed by atoms with van der Waals surface area (Å²) in [6.45, 7) is 3.41. The topological polar surface area (TPSA) is 147 Å². The number of nitrogens with zero attached hydrogens (tertiary/aromatic N) is 7. The van der Waals surface area contributed by atoms with Gasteiger partial charge in [0.05, 0.1) is 12.4 Å². The third kappa shape index (κ3) is 7.45. The summed E-state index contributed by atoms with van der Waals surface area (Å²) < 4.78 is 0. The van der Waals surface area contributed by atoms with Crippen LogP contribution in [0.1, 0.15) is 24.2 Å². The molecular formula is C26H34N10O. The van der Waals surface area contributed by atoms with Gasteiger partial charge in [0.2, 0.25) is 5.82 Å². The van der Waals surface area contributed by atoms with Gasteiger partial charge in [-0.05, 0) is 74.6 Å². The molecule has 11 nitrogen and oxygen atoms in total. The van der Waals surface area contributed by atoms with Crippen LogP contribution in [0.15, 0.2) is 54.7 Å². The number of tetrazole rings is 1. The highest BCUT2D eigenvalue weighted by Gasteiger charge is 2.09. The van der Waals surface area contributed by atoms with Crippen molar-refractivity contribution < 1.29 is 5.11 Å². The molecule has 0 radical (unpaired) electrons. The van der Waals surface area contributed by atoms with E-state index in [2.05, 4.69) is 37.7 Å². The second-order valence-corrected chi connectivity index (χ2v) is 8.88. The van der Waals surface area contributed by atoms with E-state index in [1.165, 1.54) is 4.80 Å². The average Bonchev–Trinajstić information content (AvgIpc) is 3.34. The van der Waals surface area contributed by atoms with Crippen molar-refractivity contribution in [1.29, 1.82) is 0 Å². The van der Waals surface area contributed by atoms with E-state index in [4.69, 9.17) is 15.7 Å². The number of phenols is 1. The third-order valence-corrected chi connectivity index (χ3v) is 5.81. The number of benzene rings is 1. The first-order chi connectivity index (χ1) is 18.0. The molecule has 0 aliphatic rings. The van der Waals surface area contributed by atoms with Crippen molar-refractivity contribution in [2.24, 2.45) is 12.8 Å². The first-order valence-electron chi connectivity index (χ1n) is 12.4. The van der Waals surface area contributed by atoms with Crippen LogP contribution in [0, 0.1) is 0 Å². The number of rotatable bonds is 11. The molecule has 3 aromatic heterocycles. The van der Waals surface area contributed by atoms with Crippen LogP contribution >= 0.6 is 0 Å². The molecule has 37 heavy (non-hydrogen) atoms. The number of aryl methyl sites for hydroxylation is 1. The number of phenolic OH excluding ortho intramolecular Hbond substituents is 1. The second kappa shape index (κ2) is 12.7. The number of aromatic nitrogens is 7. The lowest BCUT2D eigenvalue weighted by atomic mass is 10.1. The molecule has 4 aromatic rings. The van der Waals surface area contributed by atoms with E-state index in [1.54, 1.807) is 19.2 Å². The number of aromatic hydroxyl groups is 1. The Balaban J connectivity index is 1.65. The van der Waals surface area contributed by atoms with Crippen molar-refractivity contribution in [3.8, 4) is 17.1 Å². The standard InChI is InChI=1S/C26H34N10O/c1-35(15-5-12-27)16-6-13-28-25-22-10-4-8-20(24-32-34-36(2)33-24)11-14-29-26(22)31-23(30-25)18-19-7-3-9-21(37)17-19/h3-4,7-11,14,17,37H,5-6,12-13,15-16,18,27H2,1-2H3,(H2,28,29,30,31). The summed E-state index contributed by atoms with van der Waals surface area (Å²) in [7, 11) is 3.85. The van der Waals surface area contributed by atoms with Crippen LogP contribution in [-0.2, 0) is 13.5 Å². The van der Waals surface area contributed by atoms with Crippen LogP contribution in [0.5, 0.6) is 5.75 Å². The van der Waals surface area contributed by atoms with Gasteiger partial charge < -0.3 is 26.0 Å². The smallest absolute Gasteiger partial charge is 0.204 e. The Morgan fingerprint density at radius 3 is 2.70 bits per heavy atom. The van der Waals surface area contributed by atoms with Crippen molar-refractivity contribution in [1.82, 2.24) is 40.1 Å². The molecule has 194 valence electrons. The Morgan fingerprint density at radius 2 is 1.92 bits per heavy atom. The number of fused-ring (bicyclic) bond motifs is 1. The first-order valence-corrected chi connectivity index (χ1v) is 12.4. The van der Waals surface area contributed by atoms with Gasteiger partial charge in [0, 0.05) is 24.7 Å². The Labute approximate surface area is 216 Å². The third-order valence-electron chi connectivity index (χ3n) is 5.81. The maximum atomic E-state index is 9.88. The predicted molar refractivity (Wildman–Crippen MR) is 144 cm³/mol. The van der Waals surface area contributed by atoms with Crippen LogP contribution in [0.2, 0.25) is 0 Å². The summed E-state index contributed by atoms with van der Waals surface area (Å²) >= 11 is 0. The number of anilines is 1. The molecule has 0 saturated heterocycles. The van der Waals surface area contributed by atoms with Gasteiger partial charge in [-0.15, -0.1) is 10.2 Å². The number of H-pyrrole nitrogens is 1. The number of nitrogens with one attached hydrogen (secondary N) is 2. The fraction of sp³-hybridized carbons (Fsp3) is 0.346. The van der Waals surface area contributed by atoms with Crippen molar-refractivity contribution in [3.63, 3.8) is 0 Å². The fourth-order valence-electron chi connectivity index (χ4n) is 3.94. The summed E-state index contributed by atoms with van der Waals surface area (Å²) in [5, 5.41) is 26.6. The van der Waals surface area contributed by atoms with Crippen LogP contribution in [0.25, 0.3) is 22.4 Å². The van der Waals surface area contributed by atoms with Gasteiger partial charge >= 0.3 is 0 Å². The van der Waals surface area contributed by atoms with Gasteiger partial charge in [-0.25, -0.2) is 9.97 Å². The molecule has 0 aliphatic carbocycles. The lowest BCUT2D eigenvalue weighted by molar-refractivity contribution is 0.330. The fourth-order valence-corrected chi connectivity index (χ4v) is 3.94. The van der Waals surface area contributed by atoms with E-state index in [0.717, 1.165) is 54.8 Å². The first kappa shape index (κ1) is 26.0. The van der Waals surface area contributed by atoms with E-state index in [1.807, 2.05) is 42.6 Å². The summed E-state index contributed by atoms with van der Waals surface area (Å²) in [6.07, 6.45) is 4.25. The zero-order chi connectivity index (χ0) is 26.0. The van der Waals surface area contributed by atoms with Gasteiger partial charge in [-0.2, -0.15) is 4.80 Å². The van der Waals surface area contributed by atoms with E-state index in [9.17, 15) is 5.11 Å². The van der Waals surface area contributed by atoms with Gasteiger partial charge in [0.15, 0.2) is 0 Å². The molecule has 0 spiro atoms. The number of hydrogen-bond acceptors (Lipinski definition) is 9. The minimum atomic E-state index is 0.220. The van der Waals surface area contributed by atoms with E-state index < -0.39 is 0 Å². The van der Waals surface area contributed by atoms with Crippen LogP contribution in [0.3, 0.4) is 0 Å². The Kier molecular flexibility index (Phi) is 8.95. The molecule has 0 amide bonds. The van der Waals surface area contributed by atoms with E-state index >= 15 is 0 Å². The maximum absolute atomic E-state index is 9.88. The van der Waals surface area contributed by atoms with Crippen LogP contribution in [-0.4, -0.2) is 78.4 Å². The molecule has 0 fully saturated rings. The summed E-state index contributed by atoms with van der Waals surface area (Å²) in [5.74, 6) is 2.14. The highest BCUT2D eigenvalue weighted by Crippen LogP contribution is 2.21. The highest BCUT2D eigenvalue weighted by molar-refractivity contribution is 5.85. The monoisotopic (exact) mass is 502 g/mol. The van der Waals surface area contributed by atoms with Gasteiger partial charge in [0.1, 0.15) is 23.0 Å². The summed E-state index contributed by atoms with van der Waals surface area (Å²) in [5.41, 5.74) is 8.05. The Hall–Kier alpha value is -4.09. The molecule has 3 heterocycles. The molecule has 0 saturated carbocycles. The van der Waals surface area contributed by atoms with E-state index in [0.29, 0.717) is 30.3 Å².